The number of halogens is 1. The summed E-state index contributed by atoms with van der Waals surface area (Å²) >= 11 is 0. The number of nitrogens with zero attached hydrogens (tertiary/aromatic N) is 1. The van der Waals surface area contributed by atoms with Crippen molar-refractivity contribution in [3.8, 4) is 0 Å². The van der Waals surface area contributed by atoms with Crippen LogP contribution < -0.4 is 0 Å². The van der Waals surface area contributed by atoms with Crippen molar-refractivity contribution in [3.63, 3.8) is 0 Å². The molecule has 1 aromatic rings. The Morgan fingerprint density at radius 3 is 3.11 bits per heavy atom. The number of benzene rings is 1. The summed E-state index contributed by atoms with van der Waals surface area (Å²) in [5.41, 5.74) is 0.387. The molecule has 1 heterocycles. The molecule has 0 saturated carbocycles. The number of hydrogen-bond donors (Lipinski definition) is 0. The lowest BCUT2D eigenvalue weighted by molar-refractivity contribution is -0.0163. The fraction of sp³-hybridized carbons (Fsp3) is 0.500. The lowest BCUT2D eigenvalue weighted by Crippen LogP contribution is -2.46. The van der Waals surface area contributed by atoms with E-state index in [1.807, 2.05) is 0 Å². The highest BCUT2D eigenvalue weighted by Crippen LogP contribution is 2.13. The van der Waals surface area contributed by atoms with Gasteiger partial charge in [-0.2, -0.15) is 0 Å². The van der Waals surface area contributed by atoms with Gasteiger partial charge in [0.05, 0.1) is 6.61 Å². The molecule has 3 nitrogen and oxygen atoms in total. The molecule has 1 aliphatic heterocycles. The molecular weight excluding hydrogens is 233 g/mol. The van der Waals surface area contributed by atoms with Crippen LogP contribution in [0.5, 0.6) is 0 Å². The van der Waals surface area contributed by atoms with Gasteiger partial charge in [0.15, 0.2) is 5.78 Å². The molecule has 1 fully saturated rings. The summed E-state index contributed by atoms with van der Waals surface area (Å²) < 4.78 is 18.6. The summed E-state index contributed by atoms with van der Waals surface area (Å²) in [5, 5.41) is 0. The molecule has 1 aliphatic rings. The number of morpholine rings is 1. The molecule has 0 spiro atoms. The fourth-order valence-electron chi connectivity index (χ4n) is 2.21. The fourth-order valence-corrected chi connectivity index (χ4v) is 2.21. The number of hydrogen-bond acceptors (Lipinski definition) is 3. The third-order valence-electron chi connectivity index (χ3n) is 3.09. The van der Waals surface area contributed by atoms with Crippen molar-refractivity contribution in [2.45, 2.75) is 19.4 Å². The highest BCUT2D eigenvalue weighted by molar-refractivity contribution is 5.99. The Morgan fingerprint density at radius 1 is 1.56 bits per heavy atom. The predicted octanol–water partition coefficient (Wildman–Crippen LogP) is 2.12. The van der Waals surface area contributed by atoms with Gasteiger partial charge in [-0.25, -0.2) is 4.39 Å². The number of Topliss-reactive ketones (excluding diaryl/α,β-unsaturated/α-hetero) is 1. The zero-order valence-corrected chi connectivity index (χ0v) is 10.6. The minimum Gasteiger partial charge on any atom is -0.367 e. The van der Waals surface area contributed by atoms with Crippen LogP contribution in [0.2, 0.25) is 0 Å². The van der Waals surface area contributed by atoms with Gasteiger partial charge in [0.25, 0.3) is 0 Å². The zero-order valence-electron chi connectivity index (χ0n) is 10.6. The van der Waals surface area contributed by atoms with Gasteiger partial charge in [0, 0.05) is 18.7 Å². The molecule has 0 amide bonds. The van der Waals surface area contributed by atoms with E-state index >= 15 is 0 Å². The van der Waals surface area contributed by atoms with Crippen LogP contribution in [0.4, 0.5) is 4.39 Å². The van der Waals surface area contributed by atoms with Crippen LogP contribution in [0.15, 0.2) is 24.3 Å². The van der Waals surface area contributed by atoms with E-state index in [0.29, 0.717) is 18.7 Å². The first kappa shape index (κ1) is 13.2. The molecule has 18 heavy (non-hydrogen) atoms. The van der Waals surface area contributed by atoms with Crippen LogP contribution >= 0.6 is 0 Å². The number of carbonyl (C=O) groups is 1. The summed E-state index contributed by atoms with van der Waals surface area (Å²) in [6, 6.07) is 5.79. The maximum atomic E-state index is 13.1. The van der Waals surface area contributed by atoms with Gasteiger partial charge in [0.2, 0.25) is 0 Å². The van der Waals surface area contributed by atoms with Gasteiger partial charge in [-0.1, -0.05) is 19.1 Å². The van der Waals surface area contributed by atoms with Crippen molar-refractivity contribution in [3.05, 3.63) is 35.6 Å². The van der Waals surface area contributed by atoms with E-state index in [4.69, 9.17) is 4.74 Å². The smallest absolute Gasteiger partial charge is 0.192 e. The Morgan fingerprint density at radius 2 is 2.39 bits per heavy atom. The Bertz CT molecular complexity index is 420. The average molecular weight is 251 g/mol. The Hall–Kier alpha value is -1.26. The third-order valence-corrected chi connectivity index (χ3v) is 3.09. The normalized spacial score (nSPS) is 20.9. The second kappa shape index (κ2) is 6.07. The first-order valence-corrected chi connectivity index (χ1v) is 6.34. The summed E-state index contributed by atoms with van der Waals surface area (Å²) in [5.74, 6) is -0.516. The number of rotatable bonds is 4. The molecule has 0 radical (unpaired) electrons. The van der Waals surface area contributed by atoms with Crippen molar-refractivity contribution in [2.75, 3.05) is 26.2 Å². The molecule has 0 bridgehead atoms. The van der Waals surface area contributed by atoms with Crippen LogP contribution in [-0.4, -0.2) is 43.0 Å². The van der Waals surface area contributed by atoms with E-state index < -0.39 is 6.10 Å². The van der Waals surface area contributed by atoms with Gasteiger partial charge in [-0.15, -0.1) is 0 Å². The highest BCUT2D eigenvalue weighted by Gasteiger charge is 2.27. The number of carbonyl (C=O) groups excluding carboxylic acids is 1. The minimum atomic E-state index is -0.466. The van der Waals surface area contributed by atoms with Crippen molar-refractivity contribution in [2.24, 2.45) is 0 Å². The molecule has 0 aromatic heterocycles. The van der Waals surface area contributed by atoms with E-state index in [1.54, 1.807) is 12.1 Å². The van der Waals surface area contributed by atoms with E-state index in [9.17, 15) is 9.18 Å². The highest BCUT2D eigenvalue weighted by atomic mass is 19.1. The molecule has 0 N–H and O–H groups in total. The van der Waals surface area contributed by atoms with Gasteiger partial charge >= 0.3 is 0 Å². The topological polar surface area (TPSA) is 29.5 Å². The second-order valence-electron chi connectivity index (χ2n) is 4.53. The van der Waals surface area contributed by atoms with Crippen LogP contribution in [0.3, 0.4) is 0 Å². The maximum Gasteiger partial charge on any atom is 0.192 e. The van der Waals surface area contributed by atoms with Crippen molar-refractivity contribution < 1.29 is 13.9 Å². The van der Waals surface area contributed by atoms with Crippen LogP contribution in [0, 0.1) is 5.82 Å². The Labute approximate surface area is 107 Å². The van der Waals surface area contributed by atoms with Gasteiger partial charge < -0.3 is 4.74 Å². The first-order valence-electron chi connectivity index (χ1n) is 6.34. The van der Waals surface area contributed by atoms with Crippen molar-refractivity contribution in [1.82, 2.24) is 4.90 Å². The van der Waals surface area contributed by atoms with E-state index in [0.717, 1.165) is 19.5 Å². The molecule has 1 unspecified atom stereocenters. The molecule has 0 aliphatic carbocycles. The third kappa shape index (κ3) is 3.15. The lowest BCUT2D eigenvalue weighted by Gasteiger charge is -2.31. The van der Waals surface area contributed by atoms with Gasteiger partial charge in [-0.05, 0) is 25.1 Å². The van der Waals surface area contributed by atoms with E-state index in [-0.39, 0.29) is 11.6 Å². The maximum absolute atomic E-state index is 13.1. The summed E-state index contributed by atoms with van der Waals surface area (Å²) in [6.07, 6.45) is 0.591. The Balaban J connectivity index is 2.04. The van der Waals surface area contributed by atoms with E-state index in [2.05, 4.69) is 11.8 Å². The number of ether oxygens (including phenoxy) is 1. The van der Waals surface area contributed by atoms with E-state index in [1.165, 1.54) is 12.1 Å². The summed E-state index contributed by atoms with van der Waals surface area (Å²) in [6.45, 7) is 5.10. The molecule has 1 aromatic carbocycles. The zero-order chi connectivity index (χ0) is 13.0. The Kier molecular flexibility index (Phi) is 4.44. The summed E-state index contributed by atoms with van der Waals surface area (Å²) in [7, 11) is 0. The first-order chi connectivity index (χ1) is 8.70. The molecule has 4 heteroatoms. The van der Waals surface area contributed by atoms with Crippen LogP contribution in [0.1, 0.15) is 23.7 Å². The molecule has 98 valence electrons. The monoisotopic (exact) mass is 251 g/mol. The SMILES string of the molecule is CCCN1CCOC(C(=O)c2cccc(F)c2)C1. The predicted molar refractivity (Wildman–Crippen MR) is 67.2 cm³/mol. The molecule has 1 atom stereocenters. The summed E-state index contributed by atoms with van der Waals surface area (Å²) in [4.78, 5) is 14.4. The molecule has 2 rings (SSSR count). The van der Waals surface area contributed by atoms with Gasteiger partial charge in [0.1, 0.15) is 11.9 Å². The second-order valence-corrected chi connectivity index (χ2v) is 4.53. The minimum absolute atomic E-state index is 0.129. The molecular formula is C14H18FNO2. The molecule has 1 saturated heterocycles. The quantitative estimate of drug-likeness (QED) is 0.768. The van der Waals surface area contributed by atoms with Crippen molar-refractivity contribution >= 4 is 5.78 Å². The van der Waals surface area contributed by atoms with Crippen LogP contribution in [-0.2, 0) is 4.74 Å². The van der Waals surface area contributed by atoms with Crippen LogP contribution in [0.25, 0.3) is 0 Å². The lowest BCUT2D eigenvalue weighted by atomic mass is 10.0. The number of ketones is 1. The largest absolute Gasteiger partial charge is 0.367 e. The van der Waals surface area contributed by atoms with Gasteiger partial charge in [-0.3, -0.25) is 9.69 Å². The standard InChI is InChI=1S/C14H18FNO2/c1-2-6-16-7-8-18-13(10-16)14(17)11-4-3-5-12(15)9-11/h3-5,9,13H,2,6-8,10H2,1H3. The average Bonchev–Trinajstić information content (AvgIpc) is 2.39. The van der Waals surface area contributed by atoms with Crippen molar-refractivity contribution in [1.29, 1.82) is 0 Å².